The fourth-order valence-corrected chi connectivity index (χ4v) is 4.53. The maximum absolute atomic E-state index is 5.85. The van der Waals surface area contributed by atoms with Crippen LogP contribution in [0.15, 0.2) is 29.4 Å². The van der Waals surface area contributed by atoms with Crippen molar-refractivity contribution in [1.29, 1.82) is 0 Å². The Morgan fingerprint density at radius 2 is 2.00 bits per heavy atom. The molecule has 6 N–H and O–H groups in total. The molecule has 9 heteroatoms. The summed E-state index contributed by atoms with van der Waals surface area (Å²) in [5, 5.41) is 12.2. The van der Waals surface area contributed by atoms with Gasteiger partial charge >= 0.3 is 0 Å². The highest BCUT2D eigenvalue weighted by Gasteiger charge is 2.20. The van der Waals surface area contributed by atoms with Crippen molar-refractivity contribution in [3.05, 3.63) is 41.1 Å². The predicted octanol–water partition coefficient (Wildman–Crippen LogP) is 4.91. The normalized spacial score (nSPS) is 15.1. The number of nitrogens with two attached hydrogens (primary N) is 2. The van der Waals surface area contributed by atoms with E-state index in [1.807, 2.05) is 25.1 Å². The van der Waals surface area contributed by atoms with E-state index in [0.29, 0.717) is 23.6 Å². The lowest BCUT2D eigenvalue weighted by Crippen LogP contribution is -2.34. The largest absolute Gasteiger partial charge is 0.495 e. The molecule has 35 heavy (non-hydrogen) atoms. The van der Waals surface area contributed by atoms with Crippen LogP contribution in [-0.4, -0.2) is 41.0 Å². The fraction of sp³-hybridized carbons (Fsp3) is 0.500. The van der Waals surface area contributed by atoms with Crippen molar-refractivity contribution >= 4 is 28.9 Å². The number of hydrazine groups is 1. The van der Waals surface area contributed by atoms with E-state index in [1.165, 1.54) is 42.7 Å². The number of nitrogens with zero attached hydrogens (tertiary/aromatic N) is 4. The highest BCUT2D eigenvalue weighted by molar-refractivity contribution is 5.99. The summed E-state index contributed by atoms with van der Waals surface area (Å²) in [6.07, 6.45) is 10.6. The van der Waals surface area contributed by atoms with Crippen molar-refractivity contribution in [2.75, 3.05) is 24.8 Å². The lowest BCUT2D eigenvalue weighted by atomic mass is 9.95. The van der Waals surface area contributed by atoms with Crippen molar-refractivity contribution in [1.82, 2.24) is 15.0 Å². The lowest BCUT2D eigenvalue weighted by Gasteiger charge is -2.25. The molecule has 0 aliphatic heterocycles. The third kappa shape index (κ3) is 6.63. The number of hydrogen-bond donors (Lipinski definition) is 4. The summed E-state index contributed by atoms with van der Waals surface area (Å²) >= 11 is 0. The first kappa shape index (κ1) is 26.3. The number of anilines is 3. The van der Waals surface area contributed by atoms with Gasteiger partial charge in [-0.3, -0.25) is 5.01 Å². The van der Waals surface area contributed by atoms with Crippen LogP contribution in [0.3, 0.4) is 0 Å². The molecule has 0 saturated heterocycles. The van der Waals surface area contributed by atoms with Gasteiger partial charge in [0.15, 0.2) is 5.84 Å². The number of nitrogens with one attached hydrogen (secondary N) is 2. The number of ether oxygens (including phenoxy) is 1. The smallest absolute Gasteiger partial charge is 0.229 e. The minimum absolute atomic E-state index is 0.430. The zero-order chi connectivity index (χ0) is 25.4. The molecule has 1 aromatic carbocycles. The first-order chi connectivity index (χ1) is 16.9. The Bertz CT molecular complexity index is 1060. The van der Waals surface area contributed by atoms with Crippen LogP contribution >= 0.6 is 0 Å². The molecule has 0 radical (unpaired) electrons. The van der Waals surface area contributed by atoms with Crippen LogP contribution in [0.1, 0.15) is 75.6 Å². The number of methoxy groups -OCH3 is 1. The maximum Gasteiger partial charge on any atom is 0.229 e. The number of rotatable bonds is 9. The quantitative estimate of drug-likeness (QED) is 0.173. The van der Waals surface area contributed by atoms with Gasteiger partial charge in [-0.2, -0.15) is 10.1 Å². The summed E-state index contributed by atoms with van der Waals surface area (Å²) < 4.78 is 5.62. The SMILES string of the molecule is CCC/C=C(/C)c1c(C)nc(Nc2ccc(/C(=N/N)N(C)N)cc2OC)nc1NC1CCCCC1. The summed E-state index contributed by atoms with van der Waals surface area (Å²) in [6.45, 7) is 6.38. The third-order valence-corrected chi connectivity index (χ3v) is 6.33. The molecule has 1 fully saturated rings. The number of hydrazone groups is 1. The molecule has 0 atom stereocenters. The standard InChI is InChI=1S/C26H40N8O/c1-6-7-11-17(2)23-18(3)29-26(32-24(23)30-20-12-9-8-10-13-20)31-21-15-14-19(16-22(21)35-5)25(33-27)34(4)28/h11,14-16,20H,6-10,12-13,27-28H2,1-5H3,(H2,29,30,31,32)/b17-11-,33-25-. The Morgan fingerprint density at radius 1 is 1.26 bits per heavy atom. The Kier molecular flexibility index (Phi) is 9.31. The molecule has 3 rings (SSSR count). The van der Waals surface area contributed by atoms with Crippen molar-refractivity contribution in [2.45, 2.75) is 71.8 Å². The molecule has 1 saturated carbocycles. The summed E-state index contributed by atoms with van der Waals surface area (Å²) in [6, 6.07) is 6.02. The third-order valence-electron chi connectivity index (χ3n) is 6.33. The number of hydrogen-bond acceptors (Lipinski definition) is 8. The maximum atomic E-state index is 5.85. The molecule has 1 aromatic heterocycles. The molecule has 190 valence electrons. The van der Waals surface area contributed by atoms with Crippen LogP contribution in [-0.2, 0) is 0 Å². The van der Waals surface area contributed by atoms with E-state index in [0.717, 1.165) is 41.2 Å². The molecular weight excluding hydrogens is 440 g/mol. The zero-order valence-corrected chi connectivity index (χ0v) is 21.7. The summed E-state index contributed by atoms with van der Waals surface area (Å²) in [4.78, 5) is 9.73. The van der Waals surface area contributed by atoms with E-state index in [1.54, 1.807) is 14.2 Å². The highest BCUT2D eigenvalue weighted by Crippen LogP contribution is 2.32. The number of unbranched alkanes of at least 4 members (excludes halogenated alkanes) is 1. The van der Waals surface area contributed by atoms with Gasteiger partial charge in [-0.15, -0.1) is 0 Å². The average Bonchev–Trinajstić information content (AvgIpc) is 2.84. The van der Waals surface area contributed by atoms with E-state index in [2.05, 4.69) is 35.7 Å². The zero-order valence-electron chi connectivity index (χ0n) is 21.7. The number of aryl methyl sites for hydroxylation is 1. The van der Waals surface area contributed by atoms with Crippen LogP contribution in [0.25, 0.3) is 5.57 Å². The molecule has 0 spiro atoms. The predicted molar refractivity (Wildman–Crippen MR) is 145 cm³/mol. The Hall–Kier alpha value is -3.33. The Morgan fingerprint density at radius 3 is 2.63 bits per heavy atom. The molecule has 1 heterocycles. The highest BCUT2D eigenvalue weighted by atomic mass is 16.5. The molecule has 1 aliphatic rings. The van der Waals surface area contributed by atoms with Crippen LogP contribution in [0, 0.1) is 6.92 Å². The molecule has 0 amide bonds. The topological polar surface area (TPSA) is 127 Å². The van der Waals surface area contributed by atoms with Gasteiger partial charge in [0.1, 0.15) is 11.6 Å². The van der Waals surface area contributed by atoms with Gasteiger partial charge in [-0.1, -0.05) is 38.7 Å². The van der Waals surface area contributed by atoms with E-state index in [9.17, 15) is 0 Å². The number of amidine groups is 1. The van der Waals surface area contributed by atoms with Crippen molar-refractivity contribution in [3.63, 3.8) is 0 Å². The summed E-state index contributed by atoms with van der Waals surface area (Å²) in [5.74, 6) is 13.8. The molecule has 0 unspecified atom stereocenters. The Balaban J connectivity index is 1.97. The van der Waals surface area contributed by atoms with E-state index in [4.69, 9.17) is 26.4 Å². The number of benzene rings is 1. The van der Waals surface area contributed by atoms with Crippen LogP contribution in [0.4, 0.5) is 17.5 Å². The fourth-order valence-electron chi connectivity index (χ4n) is 4.53. The van der Waals surface area contributed by atoms with Crippen LogP contribution in [0.2, 0.25) is 0 Å². The molecule has 2 aromatic rings. The van der Waals surface area contributed by atoms with Gasteiger partial charge < -0.3 is 21.2 Å². The van der Waals surface area contributed by atoms with Gasteiger partial charge in [0, 0.05) is 24.2 Å². The van der Waals surface area contributed by atoms with Crippen LogP contribution < -0.4 is 27.1 Å². The average molecular weight is 481 g/mol. The minimum atomic E-state index is 0.430. The minimum Gasteiger partial charge on any atom is -0.495 e. The monoisotopic (exact) mass is 480 g/mol. The molecular formula is C26H40N8O. The molecule has 1 aliphatic carbocycles. The van der Waals surface area contributed by atoms with Crippen molar-refractivity contribution in [2.24, 2.45) is 16.8 Å². The number of aromatic nitrogens is 2. The summed E-state index contributed by atoms with van der Waals surface area (Å²) in [7, 11) is 3.29. The van der Waals surface area contributed by atoms with E-state index < -0.39 is 0 Å². The number of allylic oxidation sites excluding steroid dienone is 2. The van der Waals surface area contributed by atoms with Gasteiger partial charge in [0.05, 0.1) is 18.5 Å². The van der Waals surface area contributed by atoms with E-state index >= 15 is 0 Å². The first-order valence-electron chi connectivity index (χ1n) is 12.4. The second-order valence-corrected chi connectivity index (χ2v) is 9.11. The first-order valence-corrected chi connectivity index (χ1v) is 12.4. The van der Waals surface area contributed by atoms with Crippen molar-refractivity contribution in [3.8, 4) is 5.75 Å². The summed E-state index contributed by atoms with van der Waals surface area (Å²) in [5.41, 5.74) is 4.70. The van der Waals surface area contributed by atoms with Gasteiger partial charge in [0.2, 0.25) is 5.95 Å². The van der Waals surface area contributed by atoms with Crippen LogP contribution in [0.5, 0.6) is 5.75 Å². The lowest BCUT2D eigenvalue weighted by molar-refractivity contribution is 0.416. The second kappa shape index (κ2) is 12.4. The van der Waals surface area contributed by atoms with Crippen molar-refractivity contribution < 1.29 is 4.74 Å². The van der Waals surface area contributed by atoms with Gasteiger partial charge in [0.25, 0.3) is 0 Å². The Labute approximate surface area is 209 Å². The second-order valence-electron chi connectivity index (χ2n) is 9.11. The van der Waals surface area contributed by atoms with Gasteiger partial charge in [-0.05, 0) is 56.9 Å². The van der Waals surface area contributed by atoms with Gasteiger partial charge in [-0.25, -0.2) is 10.8 Å². The molecule has 9 nitrogen and oxygen atoms in total. The van der Waals surface area contributed by atoms with E-state index in [-0.39, 0.29) is 0 Å². The molecule has 0 bridgehead atoms.